The zero-order valence-corrected chi connectivity index (χ0v) is 14.4. The Bertz CT molecular complexity index is 642. The van der Waals surface area contributed by atoms with Gasteiger partial charge in [0.25, 0.3) is 11.6 Å². The van der Waals surface area contributed by atoms with E-state index in [1.807, 2.05) is 0 Å². The van der Waals surface area contributed by atoms with Crippen molar-refractivity contribution in [2.24, 2.45) is 5.92 Å². The predicted octanol–water partition coefficient (Wildman–Crippen LogP) is -0.169. The first-order valence-corrected chi connectivity index (χ1v) is 7.60. The molecule has 2 rings (SSSR count). The highest BCUT2D eigenvalue weighted by molar-refractivity contribution is 5.97. The number of aliphatic hydroxyl groups excluding tert-OH is 1. The zero-order chi connectivity index (χ0) is 17.7. The van der Waals surface area contributed by atoms with Gasteiger partial charge < -0.3 is 21.1 Å². The number of carbonyl (C=O) groups is 2. The lowest BCUT2D eigenvalue weighted by Gasteiger charge is -2.17. The second-order valence-electron chi connectivity index (χ2n) is 5.73. The van der Waals surface area contributed by atoms with Crippen molar-refractivity contribution in [3.8, 4) is 0 Å². The van der Waals surface area contributed by atoms with Crippen LogP contribution >= 0.6 is 12.4 Å². The minimum atomic E-state index is -0.803. The third-order valence-electron chi connectivity index (χ3n) is 3.90. The number of benzene rings is 1. The Hall–Kier alpha value is -2.23. The van der Waals surface area contributed by atoms with Gasteiger partial charge in [-0.3, -0.25) is 19.7 Å². The molecule has 2 amide bonds. The van der Waals surface area contributed by atoms with Gasteiger partial charge in [-0.05, 0) is 13.0 Å². The lowest BCUT2D eigenvalue weighted by Crippen LogP contribution is -2.46. The highest BCUT2D eigenvalue weighted by Crippen LogP contribution is 2.13. The van der Waals surface area contributed by atoms with Crippen molar-refractivity contribution in [2.45, 2.75) is 19.1 Å². The first kappa shape index (κ1) is 20.8. The number of aliphatic hydroxyl groups is 1. The highest BCUT2D eigenvalue weighted by Gasteiger charge is 2.26. The molecule has 1 fully saturated rings. The molecule has 138 valence electrons. The predicted molar refractivity (Wildman–Crippen MR) is 92.6 cm³/mol. The Morgan fingerprint density at radius 3 is 2.76 bits per heavy atom. The smallest absolute Gasteiger partial charge is 0.270 e. The fraction of sp³-hybridized carbons (Fsp3) is 0.467. The maximum absolute atomic E-state index is 12.1. The third-order valence-corrected chi connectivity index (χ3v) is 3.90. The molecule has 0 saturated carbocycles. The Morgan fingerprint density at radius 1 is 1.44 bits per heavy atom. The lowest BCUT2D eigenvalue weighted by molar-refractivity contribution is -0.384. The zero-order valence-electron chi connectivity index (χ0n) is 13.6. The molecule has 3 atom stereocenters. The molecule has 0 aromatic heterocycles. The highest BCUT2D eigenvalue weighted by atomic mass is 35.5. The van der Waals surface area contributed by atoms with Crippen LogP contribution in [-0.4, -0.2) is 53.6 Å². The average Bonchev–Trinajstić information content (AvgIpc) is 2.97. The van der Waals surface area contributed by atoms with Crippen LogP contribution in [0.5, 0.6) is 0 Å². The molecule has 1 aromatic carbocycles. The van der Waals surface area contributed by atoms with Crippen LogP contribution in [0.25, 0.3) is 0 Å². The van der Waals surface area contributed by atoms with Gasteiger partial charge in [0, 0.05) is 43.2 Å². The summed E-state index contributed by atoms with van der Waals surface area (Å²) in [7, 11) is 0. The molecule has 1 aromatic rings. The number of rotatable bonds is 6. The molecule has 9 nitrogen and oxygen atoms in total. The number of nitrogens with one attached hydrogen (secondary N) is 3. The number of halogens is 1. The van der Waals surface area contributed by atoms with E-state index in [2.05, 4.69) is 16.0 Å². The van der Waals surface area contributed by atoms with Crippen LogP contribution in [0.4, 0.5) is 5.69 Å². The number of nitro groups is 1. The molecular formula is C15H21ClN4O5. The van der Waals surface area contributed by atoms with Crippen molar-refractivity contribution in [3.05, 3.63) is 39.9 Å². The van der Waals surface area contributed by atoms with Crippen molar-refractivity contribution < 1.29 is 19.6 Å². The van der Waals surface area contributed by atoms with Gasteiger partial charge in [-0.25, -0.2) is 0 Å². The van der Waals surface area contributed by atoms with E-state index in [1.165, 1.54) is 25.1 Å². The first-order valence-electron chi connectivity index (χ1n) is 7.60. The first-order chi connectivity index (χ1) is 11.4. The van der Waals surface area contributed by atoms with Crippen LogP contribution in [0.3, 0.4) is 0 Å². The van der Waals surface area contributed by atoms with Crippen LogP contribution in [0.2, 0.25) is 0 Å². The summed E-state index contributed by atoms with van der Waals surface area (Å²) < 4.78 is 0. The normalized spacial score (nSPS) is 20.2. The second-order valence-corrected chi connectivity index (χ2v) is 5.73. The fourth-order valence-corrected chi connectivity index (χ4v) is 2.42. The van der Waals surface area contributed by atoms with Crippen molar-refractivity contribution >= 4 is 29.9 Å². The fourth-order valence-electron chi connectivity index (χ4n) is 2.42. The number of hydrogen-bond acceptors (Lipinski definition) is 6. The van der Waals surface area contributed by atoms with E-state index in [1.54, 1.807) is 0 Å². The molecule has 4 N–H and O–H groups in total. The van der Waals surface area contributed by atoms with E-state index in [9.17, 15) is 24.8 Å². The number of β-amino-alcohol motifs (C(OH)–C–C–N with tert-alkyl or cyclic N) is 1. The van der Waals surface area contributed by atoms with E-state index in [0.717, 1.165) is 6.07 Å². The molecule has 0 spiro atoms. The van der Waals surface area contributed by atoms with Gasteiger partial charge in [0.2, 0.25) is 5.91 Å². The molecule has 0 bridgehead atoms. The number of amides is 2. The third kappa shape index (κ3) is 5.66. The number of nitrogens with zero attached hydrogens (tertiary/aromatic N) is 1. The molecule has 0 radical (unpaired) electrons. The summed E-state index contributed by atoms with van der Waals surface area (Å²) in [5.74, 6) is -1.01. The SMILES string of the molecule is CC(NC(=O)c1cccc([N+](=O)[O-])c1)C(=O)NCC1CNCC1O.Cl. The number of nitro benzene ring substituents is 1. The molecule has 1 saturated heterocycles. The summed E-state index contributed by atoms with van der Waals surface area (Å²) in [5, 5.41) is 28.6. The summed E-state index contributed by atoms with van der Waals surface area (Å²) in [6, 6.07) is 4.48. The van der Waals surface area contributed by atoms with Crippen LogP contribution in [0.1, 0.15) is 17.3 Å². The second kappa shape index (κ2) is 9.30. The average molecular weight is 373 g/mol. The van der Waals surface area contributed by atoms with Crippen molar-refractivity contribution in [2.75, 3.05) is 19.6 Å². The Kier molecular flexibility index (Phi) is 7.75. The van der Waals surface area contributed by atoms with Crippen LogP contribution < -0.4 is 16.0 Å². The summed E-state index contributed by atoms with van der Waals surface area (Å²) >= 11 is 0. The Morgan fingerprint density at radius 2 is 2.16 bits per heavy atom. The summed E-state index contributed by atoms with van der Waals surface area (Å²) in [6.07, 6.45) is -0.500. The van der Waals surface area contributed by atoms with Crippen molar-refractivity contribution in [1.82, 2.24) is 16.0 Å². The standard InChI is InChI=1S/C15H20N4O5.ClH/c1-9(14(21)17-7-11-6-16-8-13(11)20)18-15(22)10-3-2-4-12(5-10)19(23)24;/h2-5,9,11,13,16,20H,6-8H2,1H3,(H,17,21)(H,18,22);1H. The maximum Gasteiger partial charge on any atom is 0.270 e. The number of carbonyl (C=O) groups excluding carboxylic acids is 2. The van der Waals surface area contributed by atoms with Crippen LogP contribution in [0.15, 0.2) is 24.3 Å². The minimum absolute atomic E-state index is 0. The summed E-state index contributed by atoms with van der Waals surface area (Å²) in [5.41, 5.74) is -0.0817. The quantitative estimate of drug-likeness (QED) is 0.404. The van der Waals surface area contributed by atoms with Gasteiger partial charge >= 0.3 is 0 Å². The lowest BCUT2D eigenvalue weighted by atomic mass is 10.1. The van der Waals surface area contributed by atoms with Gasteiger partial charge in [-0.15, -0.1) is 12.4 Å². The van der Waals surface area contributed by atoms with Gasteiger partial charge in [-0.1, -0.05) is 6.07 Å². The monoisotopic (exact) mass is 372 g/mol. The van der Waals surface area contributed by atoms with E-state index >= 15 is 0 Å². The molecule has 3 unspecified atom stereocenters. The van der Waals surface area contributed by atoms with E-state index < -0.39 is 23.0 Å². The molecule has 10 heteroatoms. The number of non-ortho nitro benzene ring substituents is 1. The molecular weight excluding hydrogens is 352 g/mol. The van der Waals surface area contributed by atoms with Crippen LogP contribution in [0, 0.1) is 16.0 Å². The molecule has 1 aliphatic heterocycles. The Labute approximate surface area is 150 Å². The molecule has 25 heavy (non-hydrogen) atoms. The summed E-state index contributed by atoms with van der Waals surface area (Å²) in [4.78, 5) is 34.2. The molecule has 1 heterocycles. The molecule has 0 aliphatic carbocycles. The minimum Gasteiger partial charge on any atom is -0.391 e. The van der Waals surface area contributed by atoms with Crippen molar-refractivity contribution in [3.63, 3.8) is 0 Å². The van der Waals surface area contributed by atoms with E-state index in [4.69, 9.17) is 0 Å². The Balaban J connectivity index is 0.00000312. The summed E-state index contributed by atoms with van der Waals surface area (Å²) in [6.45, 7) is 2.95. The van der Waals surface area contributed by atoms with E-state index in [0.29, 0.717) is 19.6 Å². The largest absolute Gasteiger partial charge is 0.391 e. The van der Waals surface area contributed by atoms with Crippen LogP contribution in [-0.2, 0) is 4.79 Å². The van der Waals surface area contributed by atoms with Gasteiger partial charge in [0.15, 0.2) is 0 Å². The van der Waals surface area contributed by atoms with Gasteiger partial charge in [-0.2, -0.15) is 0 Å². The van der Waals surface area contributed by atoms with Gasteiger partial charge in [0.1, 0.15) is 6.04 Å². The topological polar surface area (TPSA) is 134 Å². The molecule has 1 aliphatic rings. The van der Waals surface area contributed by atoms with E-state index in [-0.39, 0.29) is 35.5 Å². The number of hydrogen-bond donors (Lipinski definition) is 4. The maximum atomic E-state index is 12.1. The van der Waals surface area contributed by atoms with Gasteiger partial charge in [0.05, 0.1) is 11.0 Å². The van der Waals surface area contributed by atoms with Crippen molar-refractivity contribution in [1.29, 1.82) is 0 Å².